The molecule has 0 aromatic heterocycles. The first-order valence-electron chi connectivity index (χ1n) is 9.42. The number of hydrogen-bond acceptors (Lipinski definition) is 5. The number of anilines is 1. The van der Waals surface area contributed by atoms with E-state index in [1.165, 1.54) is 0 Å². The van der Waals surface area contributed by atoms with Gasteiger partial charge in [0.2, 0.25) is 11.8 Å². The van der Waals surface area contributed by atoms with E-state index in [2.05, 4.69) is 31.0 Å². The van der Waals surface area contributed by atoms with E-state index in [9.17, 15) is 9.59 Å². The van der Waals surface area contributed by atoms with Gasteiger partial charge in [0.05, 0.1) is 31.5 Å². The second-order valence-electron chi connectivity index (χ2n) is 6.95. The number of carbonyl (C=O) groups excluding carboxylic acids is 2. The van der Waals surface area contributed by atoms with Crippen LogP contribution in [0, 0.1) is 0 Å². The Morgan fingerprint density at radius 1 is 1.11 bits per heavy atom. The van der Waals surface area contributed by atoms with Crippen LogP contribution in [-0.2, 0) is 14.3 Å². The van der Waals surface area contributed by atoms with Crippen LogP contribution in [-0.4, -0.2) is 91.6 Å². The van der Waals surface area contributed by atoms with Crippen LogP contribution in [0.2, 0.25) is 0 Å². The molecule has 2 fully saturated rings. The third kappa shape index (κ3) is 5.51. The van der Waals surface area contributed by atoms with Crippen molar-refractivity contribution in [1.29, 1.82) is 0 Å². The molecule has 2 amide bonds. The minimum Gasteiger partial charge on any atom is -0.378 e. The van der Waals surface area contributed by atoms with Crippen molar-refractivity contribution in [2.24, 2.45) is 0 Å². The topological polar surface area (TPSA) is 65.1 Å². The summed E-state index contributed by atoms with van der Waals surface area (Å²) in [6.45, 7) is 8.09. The third-order valence-corrected chi connectivity index (χ3v) is 5.84. The number of benzene rings is 1. The van der Waals surface area contributed by atoms with Crippen LogP contribution in [0.4, 0.5) is 5.69 Å². The maximum absolute atomic E-state index is 12.6. The predicted octanol–water partition coefficient (Wildman–Crippen LogP) is 1.25. The van der Waals surface area contributed by atoms with Crippen molar-refractivity contribution >= 4 is 33.4 Å². The number of nitrogens with zero attached hydrogens (tertiary/aromatic N) is 3. The van der Waals surface area contributed by atoms with Gasteiger partial charge in [-0.3, -0.25) is 19.4 Å². The third-order valence-electron chi connectivity index (χ3n) is 5.15. The number of hydrogen-bond donors (Lipinski definition) is 1. The molecule has 8 heteroatoms. The van der Waals surface area contributed by atoms with Gasteiger partial charge in [-0.1, -0.05) is 12.1 Å². The first kappa shape index (κ1) is 20.3. The summed E-state index contributed by atoms with van der Waals surface area (Å²) < 4.78 is 6.19. The molecule has 7 nitrogen and oxygen atoms in total. The van der Waals surface area contributed by atoms with E-state index in [-0.39, 0.29) is 17.9 Å². The number of piperazine rings is 1. The van der Waals surface area contributed by atoms with E-state index < -0.39 is 0 Å². The summed E-state index contributed by atoms with van der Waals surface area (Å²) in [5.41, 5.74) is 0.783. The smallest absolute Gasteiger partial charge is 0.239 e. The second kappa shape index (κ2) is 9.64. The summed E-state index contributed by atoms with van der Waals surface area (Å²) in [6, 6.07) is 7.46. The summed E-state index contributed by atoms with van der Waals surface area (Å²) >= 11 is 3.44. The molecule has 2 heterocycles. The molecule has 0 spiro atoms. The minimum absolute atomic E-state index is 0.0206. The number of carbonyl (C=O) groups is 2. The molecular weight excluding hydrogens is 412 g/mol. The minimum atomic E-state index is -0.126. The number of ether oxygens (including phenoxy) is 1. The van der Waals surface area contributed by atoms with E-state index in [0.29, 0.717) is 32.8 Å². The largest absolute Gasteiger partial charge is 0.378 e. The Morgan fingerprint density at radius 3 is 2.44 bits per heavy atom. The molecule has 148 valence electrons. The van der Waals surface area contributed by atoms with E-state index in [1.54, 1.807) is 0 Å². The summed E-state index contributed by atoms with van der Waals surface area (Å²) in [5.74, 6) is 0.159. The van der Waals surface area contributed by atoms with Gasteiger partial charge in [-0.15, -0.1) is 0 Å². The first-order chi connectivity index (χ1) is 13.0. The molecule has 1 N–H and O–H groups in total. The molecule has 1 aromatic carbocycles. The molecule has 2 aliphatic rings. The fourth-order valence-corrected chi connectivity index (χ4v) is 3.85. The van der Waals surface area contributed by atoms with Gasteiger partial charge in [0.1, 0.15) is 0 Å². The lowest BCUT2D eigenvalue weighted by molar-refractivity contribution is -0.141. The highest BCUT2D eigenvalue weighted by molar-refractivity contribution is 9.10. The van der Waals surface area contributed by atoms with Gasteiger partial charge in [0.25, 0.3) is 0 Å². The number of amides is 2. The summed E-state index contributed by atoms with van der Waals surface area (Å²) in [4.78, 5) is 31.2. The van der Waals surface area contributed by atoms with E-state index in [0.717, 1.165) is 36.3 Å². The van der Waals surface area contributed by atoms with Crippen LogP contribution in [0.5, 0.6) is 0 Å². The highest BCUT2D eigenvalue weighted by Crippen LogP contribution is 2.21. The van der Waals surface area contributed by atoms with Gasteiger partial charge >= 0.3 is 0 Å². The summed E-state index contributed by atoms with van der Waals surface area (Å²) in [5, 5.41) is 2.94. The molecule has 1 unspecified atom stereocenters. The lowest BCUT2D eigenvalue weighted by Gasteiger charge is -2.39. The lowest BCUT2D eigenvalue weighted by atomic mass is 10.2. The molecule has 1 atom stereocenters. The van der Waals surface area contributed by atoms with E-state index in [4.69, 9.17) is 4.74 Å². The molecule has 0 saturated carbocycles. The number of nitrogens with one attached hydrogen (secondary N) is 1. The van der Waals surface area contributed by atoms with Gasteiger partial charge in [0, 0.05) is 43.7 Å². The van der Waals surface area contributed by atoms with Crippen molar-refractivity contribution in [3.05, 3.63) is 28.7 Å². The molecule has 0 bridgehead atoms. The number of morpholine rings is 1. The fraction of sp³-hybridized carbons (Fsp3) is 0.579. The Hall–Kier alpha value is -1.48. The van der Waals surface area contributed by atoms with Crippen LogP contribution < -0.4 is 5.32 Å². The zero-order valence-corrected chi connectivity index (χ0v) is 17.3. The van der Waals surface area contributed by atoms with Crippen LogP contribution in [0.3, 0.4) is 0 Å². The van der Waals surface area contributed by atoms with Crippen molar-refractivity contribution in [3.63, 3.8) is 0 Å². The van der Waals surface area contributed by atoms with Crippen molar-refractivity contribution in [3.8, 4) is 0 Å². The quantitative estimate of drug-likeness (QED) is 0.749. The molecular formula is C19H27BrN4O3. The molecule has 27 heavy (non-hydrogen) atoms. The maximum Gasteiger partial charge on any atom is 0.239 e. The van der Waals surface area contributed by atoms with Crippen LogP contribution in [0.1, 0.15) is 6.92 Å². The monoisotopic (exact) mass is 438 g/mol. The maximum atomic E-state index is 12.6. The van der Waals surface area contributed by atoms with Crippen molar-refractivity contribution < 1.29 is 14.3 Å². The summed E-state index contributed by atoms with van der Waals surface area (Å²) in [6.07, 6.45) is 0. The highest BCUT2D eigenvalue weighted by Gasteiger charge is 2.29. The molecule has 2 saturated heterocycles. The Kier molecular flexibility index (Phi) is 7.23. The van der Waals surface area contributed by atoms with Gasteiger partial charge in [-0.2, -0.15) is 0 Å². The van der Waals surface area contributed by atoms with E-state index in [1.807, 2.05) is 36.1 Å². The lowest BCUT2D eigenvalue weighted by Crippen LogP contribution is -2.56. The van der Waals surface area contributed by atoms with E-state index >= 15 is 0 Å². The molecule has 0 aliphatic carbocycles. The molecule has 2 aliphatic heterocycles. The highest BCUT2D eigenvalue weighted by atomic mass is 79.9. The zero-order valence-electron chi connectivity index (χ0n) is 15.7. The van der Waals surface area contributed by atoms with Gasteiger partial charge in [-0.05, 0) is 35.0 Å². The van der Waals surface area contributed by atoms with Crippen LogP contribution >= 0.6 is 15.9 Å². The predicted molar refractivity (Wildman–Crippen MR) is 108 cm³/mol. The van der Waals surface area contributed by atoms with Crippen molar-refractivity contribution in [1.82, 2.24) is 14.7 Å². The molecule has 0 radical (unpaired) electrons. The fourth-order valence-electron chi connectivity index (χ4n) is 3.47. The van der Waals surface area contributed by atoms with Crippen molar-refractivity contribution in [2.45, 2.75) is 13.0 Å². The van der Waals surface area contributed by atoms with Gasteiger partial charge < -0.3 is 15.0 Å². The van der Waals surface area contributed by atoms with Gasteiger partial charge in [-0.25, -0.2) is 0 Å². The average Bonchev–Trinajstić information content (AvgIpc) is 2.70. The zero-order chi connectivity index (χ0) is 19.2. The number of rotatable bonds is 5. The Morgan fingerprint density at radius 2 is 1.78 bits per heavy atom. The average molecular weight is 439 g/mol. The Bertz CT molecular complexity index is 658. The van der Waals surface area contributed by atoms with Gasteiger partial charge in [0.15, 0.2) is 0 Å². The molecule has 1 aromatic rings. The Balaban J connectivity index is 1.43. The number of halogens is 1. The first-order valence-corrected chi connectivity index (χ1v) is 10.2. The standard InChI is InChI=1S/C19H27BrN4O3/c1-15(19(26)24-10-12-27-13-11-24)23-8-6-22(7-9-23)14-18(25)21-17-5-3-2-4-16(17)20/h2-5,15H,6-14H2,1H3,(H,21,25). The second-order valence-corrected chi connectivity index (χ2v) is 7.81. The summed E-state index contributed by atoms with van der Waals surface area (Å²) in [7, 11) is 0. The SMILES string of the molecule is CC(C(=O)N1CCOCC1)N1CCN(CC(=O)Nc2ccccc2Br)CC1. The van der Waals surface area contributed by atoms with Crippen molar-refractivity contribution in [2.75, 3.05) is 64.3 Å². The normalized spacial score (nSPS) is 20.3. The number of para-hydroxylation sites is 1. The molecule has 3 rings (SSSR count). The Labute approximate surface area is 168 Å². The van der Waals surface area contributed by atoms with Crippen LogP contribution in [0.15, 0.2) is 28.7 Å². The van der Waals surface area contributed by atoms with Crippen LogP contribution in [0.25, 0.3) is 0 Å².